The van der Waals surface area contributed by atoms with Crippen molar-refractivity contribution >= 4 is 11.8 Å². The summed E-state index contributed by atoms with van der Waals surface area (Å²) >= 11 is 0. The highest BCUT2D eigenvalue weighted by molar-refractivity contribution is 5.92. The van der Waals surface area contributed by atoms with Crippen molar-refractivity contribution in [3.63, 3.8) is 0 Å². The highest BCUT2D eigenvalue weighted by atomic mass is 16.6. The van der Waals surface area contributed by atoms with Crippen LogP contribution in [0.25, 0.3) is 0 Å². The normalized spacial score (nSPS) is 45.7. The van der Waals surface area contributed by atoms with Gasteiger partial charge in [0.2, 0.25) is 0 Å². The van der Waals surface area contributed by atoms with E-state index in [4.69, 9.17) is 4.74 Å². The highest BCUT2D eigenvalue weighted by Crippen LogP contribution is 2.68. The molecule has 3 N–H and O–H groups in total. The Morgan fingerprint density at radius 3 is 2.59 bits per heavy atom. The zero-order valence-corrected chi connectivity index (χ0v) is 20.8. The van der Waals surface area contributed by atoms with E-state index in [1.54, 1.807) is 13.8 Å². The maximum absolute atomic E-state index is 13.1. The van der Waals surface area contributed by atoms with Crippen molar-refractivity contribution in [1.29, 1.82) is 0 Å². The molecule has 2 fully saturated rings. The van der Waals surface area contributed by atoms with Gasteiger partial charge in [0.25, 0.3) is 0 Å². The Labute approximate surface area is 201 Å². The number of ether oxygens (including phenoxy) is 1. The Bertz CT molecular complexity index is 1020. The van der Waals surface area contributed by atoms with Crippen LogP contribution in [0.5, 0.6) is 0 Å². The van der Waals surface area contributed by atoms with Crippen molar-refractivity contribution < 1.29 is 29.6 Å². The fourth-order valence-corrected chi connectivity index (χ4v) is 8.61. The second-order valence-corrected chi connectivity index (χ2v) is 12.1. The summed E-state index contributed by atoms with van der Waals surface area (Å²) in [6.07, 6.45) is 9.74. The molecule has 0 aromatic rings. The zero-order valence-electron chi connectivity index (χ0n) is 20.8. The van der Waals surface area contributed by atoms with Gasteiger partial charge in [-0.25, -0.2) is 4.79 Å². The number of aliphatic hydroxyl groups excluding tert-OH is 1. The maximum atomic E-state index is 13.1. The summed E-state index contributed by atoms with van der Waals surface area (Å²) in [5, 5.41) is 33.7. The van der Waals surface area contributed by atoms with Crippen LogP contribution in [0.1, 0.15) is 72.6 Å². The first-order valence-corrected chi connectivity index (χ1v) is 12.8. The molecule has 1 heterocycles. The Kier molecular flexibility index (Phi) is 5.37. The van der Waals surface area contributed by atoms with Gasteiger partial charge in [-0.15, -0.1) is 0 Å². The van der Waals surface area contributed by atoms with E-state index in [1.165, 1.54) is 0 Å². The number of fused-ring (bicyclic) bond motifs is 5. The number of Topliss-reactive ketones (excluding diaryl/α,β-unsaturated/α-hetero) is 1. The molecule has 8 atom stereocenters. The lowest BCUT2D eigenvalue weighted by molar-refractivity contribution is -0.214. The number of esters is 1. The highest BCUT2D eigenvalue weighted by Gasteiger charge is 2.70. The van der Waals surface area contributed by atoms with Crippen molar-refractivity contribution in [1.82, 2.24) is 0 Å². The molecule has 0 spiro atoms. The van der Waals surface area contributed by atoms with E-state index in [2.05, 4.69) is 26.0 Å². The molecule has 0 aromatic carbocycles. The van der Waals surface area contributed by atoms with Crippen LogP contribution in [-0.2, 0) is 14.3 Å². The fraction of sp³-hybridized carbons (Fsp3) is 0.714. The van der Waals surface area contributed by atoms with E-state index in [0.717, 1.165) is 24.0 Å². The summed E-state index contributed by atoms with van der Waals surface area (Å²) in [5.74, 6) is -0.558. The molecular weight excluding hydrogens is 432 g/mol. The van der Waals surface area contributed by atoms with Gasteiger partial charge in [0.15, 0.2) is 0 Å². The van der Waals surface area contributed by atoms with Crippen LogP contribution < -0.4 is 0 Å². The molecule has 186 valence electrons. The second-order valence-electron chi connectivity index (χ2n) is 12.1. The van der Waals surface area contributed by atoms with Crippen molar-refractivity contribution in [3.05, 3.63) is 34.9 Å². The van der Waals surface area contributed by atoms with Crippen LogP contribution in [0.4, 0.5) is 0 Å². The van der Waals surface area contributed by atoms with Gasteiger partial charge in [0.05, 0.1) is 23.2 Å². The molecule has 5 rings (SSSR count). The standard InChI is InChI=1S/C28H38O6/c1-16-14-23(34-24(31)18(16)15-29)27(4,32)21-11-13-28(33)20-9-8-17-6-5-7-22(30)26(17,3)19(20)10-12-25(21,28)2/h5-6,8,19-21,23,29,32-33H,7,9-15H2,1-4H3. The Morgan fingerprint density at radius 1 is 1.18 bits per heavy atom. The van der Waals surface area contributed by atoms with E-state index in [9.17, 15) is 24.9 Å². The number of carbonyl (C=O) groups excluding carboxylic acids is 2. The van der Waals surface area contributed by atoms with Crippen LogP contribution in [0, 0.1) is 28.6 Å². The van der Waals surface area contributed by atoms with E-state index >= 15 is 0 Å². The van der Waals surface area contributed by atoms with Gasteiger partial charge in [-0.1, -0.05) is 30.7 Å². The third-order valence-corrected chi connectivity index (χ3v) is 10.8. The molecular formula is C28H38O6. The van der Waals surface area contributed by atoms with Gasteiger partial charge in [-0.3, -0.25) is 4.79 Å². The first-order valence-electron chi connectivity index (χ1n) is 12.8. The summed E-state index contributed by atoms with van der Waals surface area (Å²) in [6, 6.07) is 0. The molecule has 6 heteroatoms. The van der Waals surface area contributed by atoms with Crippen molar-refractivity contribution in [3.8, 4) is 0 Å². The number of hydrogen-bond acceptors (Lipinski definition) is 6. The lowest BCUT2D eigenvalue weighted by atomic mass is 9.45. The molecule has 0 amide bonds. The van der Waals surface area contributed by atoms with E-state index in [0.29, 0.717) is 32.1 Å². The minimum atomic E-state index is -1.33. The van der Waals surface area contributed by atoms with Crippen LogP contribution in [-0.4, -0.2) is 51.0 Å². The van der Waals surface area contributed by atoms with E-state index < -0.39 is 34.1 Å². The van der Waals surface area contributed by atoms with Gasteiger partial charge in [-0.2, -0.15) is 0 Å². The lowest BCUT2D eigenvalue weighted by Gasteiger charge is -2.61. The van der Waals surface area contributed by atoms with E-state index in [1.807, 2.05) is 6.08 Å². The molecule has 0 aromatic heterocycles. The average molecular weight is 471 g/mol. The van der Waals surface area contributed by atoms with Gasteiger partial charge >= 0.3 is 5.97 Å². The Balaban J connectivity index is 1.48. The zero-order chi connectivity index (χ0) is 24.7. The first kappa shape index (κ1) is 24.0. The SMILES string of the molecule is CC1=C(CO)C(=O)OC(C(C)(O)C2CCC3(O)C4CC=C5C=CCC(=O)C5(C)C4CCC23C)C1. The predicted octanol–water partition coefficient (Wildman–Crippen LogP) is 3.40. The summed E-state index contributed by atoms with van der Waals surface area (Å²) in [7, 11) is 0. The molecule has 0 bridgehead atoms. The second kappa shape index (κ2) is 7.62. The summed E-state index contributed by atoms with van der Waals surface area (Å²) in [4.78, 5) is 25.6. The van der Waals surface area contributed by atoms with Gasteiger partial charge < -0.3 is 20.1 Å². The lowest BCUT2D eigenvalue weighted by Crippen LogP contribution is -2.64. The molecule has 0 saturated heterocycles. The predicted molar refractivity (Wildman–Crippen MR) is 126 cm³/mol. The Morgan fingerprint density at radius 2 is 1.91 bits per heavy atom. The summed E-state index contributed by atoms with van der Waals surface area (Å²) in [5.41, 5.74) is -1.34. The minimum Gasteiger partial charge on any atom is -0.456 e. The number of hydrogen-bond donors (Lipinski definition) is 3. The summed E-state index contributed by atoms with van der Waals surface area (Å²) < 4.78 is 5.65. The molecule has 8 unspecified atom stereocenters. The van der Waals surface area contributed by atoms with Gasteiger partial charge in [0, 0.05) is 18.3 Å². The van der Waals surface area contributed by atoms with E-state index in [-0.39, 0.29) is 35.7 Å². The molecule has 0 radical (unpaired) electrons. The van der Waals surface area contributed by atoms with Crippen LogP contribution in [0.2, 0.25) is 0 Å². The fourth-order valence-electron chi connectivity index (χ4n) is 8.61. The topological polar surface area (TPSA) is 104 Å². The number of rotatable bonds is 3. The van der Waals surface area contributed by atoms with Crippen molar-refractivity contribution in [2.45, 2.75) is 89.9 Å². The largest absolute Gasteiger partial charge is 0.456 e. The van der Waals surface area contributed by atoms with Gasteiger partial charge in [0.1, 0.15) is 17.5 Å². The molecule has 34 heavy (non-hydrogen) atoms. The molecule has 5 aliphatic rings. The molecule has 6 nitrogen and oxygen atoms in total. The van der Waals surface area contributed by atoms with Crippen molar-refractivity contribution in [2.75, 3.05) is 6.61 Å². The third-order valence-electron chi connectivity index (χ3n) is 10.8. The van der Waals surface area contributed by atoms with Crippen molar-refractivity contribution in [2.24, 2.45) is 28.6 Å². The van der Waals surface area contributed by atoms with Crippen LogP contribution >= 0.6 is 0 Å². The van der Waals surface area contributed by atoms with Crippen LogP contribution in [0.3, 0.4) is 0 Å². The molecule has 2 saturated carbocycles. The number of allylic oxidation sites excluding steroid dienone is 4. The molecule has 1 aliphatic heterocycles. The number of carbonyl (C=O) groups is 2. The van der Waals surface area contributed by atoms with Crippen LogP contribution in [0.15, 0.2) is 34.9 Å². The quantitative estimate of drug-likeness (QED) is 0.546. The molecule has 4 aliphatic carbocycles. The smallest absolute Gasteiger partial charge is 0.336 e. The first-order chi connectivity index (χ1) is 15.9. The number of ketones is 1. The Hall–Kier alpha value is -1.76. The minimum absolute atomic E-state index is 0.0484. The van der Waals surface area contributed by atoms with Gasteiger partial charge in [-0.05, 0) is 76.2 Å². The summed E-state index contributed by atoms with van der Waals surface area (Å²) in [6.45, 7) is 7.32. The third kappa shape index (κ3) is 2.91. The number of cyclic esters (lactones) is 1. The maximum Gasteiger partial charge on any atom is 0.336 e. The monoisotopic (exact) mass is 470 g/mol. The number of aliphatic hydroxyl groups is 3. The average Bonchev–Trinajstić information content (AvgIpc) is 3.06.